The van der Waals surface area contributed by atoms with E-state index in [1.54, 1.807) is 12.1 Å². The van der Waals surface area contributed by atoms with Crippen molar-refractivity contribution in [1.29, 1.82) is 0 Å². The maximum Gasteiger partial charge on any atom is 0.342 e. The van der Waals surface area contributed by atoms with Gasteiger partial charge in [-0.2, -0.15) is 0 Å². The number of hydrogen-bond donors (Lipinski definition) is 0. The van der Waals surface area contributed by atoms with E-state index in [4.69, 9.17) is 33.2 Å². The van der Waals surface area contributed by atoms with Crippen LogP contribution in [0, 0.1) is 0 Å². The molecule has 0 N–H and O–H groups in total. The average molecular weight is 452 g/mol. The molecule has 170 valence electrons. The van der Waals surface area contributed by atoms with Gasteiger partial charge in [0.15, 0.2) is 28.7 Å². The van der Waals surface area contributed by atoms with Crippen LogP contribution in [0.25, 0.3) is 21.9 Å². The van der Waals surface area contributed by atoms with Gasteiger partial charge in [-0.3, -0.25) is 4.79 Å². The van der Waals surface area contributed by atoms with Crippen LogP contribution in [0.4, 0.5) is 0 Å². The van der Waals surface area contributed by atoms with E-state index in [-0.39, 0.29) is 24.7 Å². The lowest BCUT2D eigenvalue weighted by molar-refractivity contribution is -0.131. The van der Waals surface area contributed by atoms with Gasteiger partial charge in [-0.15, -0.1) is 0 Å². The maximum atomic E-state index is 12.8. The second kappa shape index (κ2) is 7.77. The van der Waals surface area contributed by atoms with Crippen molar-refractivity contribution in [2.75, 3.05) is 28.1 Å². The summed E-state index contributed by atoms with van der Waals surface area (Å²) in [5, 5.41) is 1.01. The summed E-state index contributed by atoms with van der Waals surface area (Å²) in [4.78, 5) is 24.8. The first-order valence-electron chi connectivity index (χ1n) is 10.1. The molecule has 3 aromatic carbocycles. The topological polar surface area (TPSA) is 98.8 Å². The second-order valence-corrected chi connectivity index (χ2v) is 7.36. The largest absolute Gasteiger partial charge is 0.493 e. The highest BCUT2D eigenvalue weighted by atomic mass is 16.7. The lowest BCUT2D eigenvalue weighted by Gasteiger charge is -2.21. The number of carbonyl (C=O) groups excluding carboxylic acids is 2. The summed E-state index contributed by atoms with van der Waals surface area (Å²) >= 11 is 0. The van der Waals surface area contributed by atoms with Crippen LogP contribution in [-0.2, 0) is 16.1 Å². The maximum absolute atomic E-state index is 12.8. The van der Waals surface area contributed by atoms with Crippen molar-refractivity contribution in [1.82, 2.24) is 0 Å². The van der Waals surface area contributed by atoms with Crippen LogP contribution in [-0.4, -0.2) is 40.1 Å². The van der Waals surface area contributed by atoms with Crippen molar-refractivity contribution >= 4 is 22.7 Å². The van der Waals surface area contributed by atoms with E-state index >= 15 is 0 Å². The number of hydrogen-bond acceptors (Lipinski definition) is 9. The number of rotatable bonds is 5. The van der Waals surface area contributed by atoms with Gasteiger partial charge >= 0.3 is 11.9 Å². The van der Waals surface area contributed by atoms with Gasteiger partial charge in [-0.1, -0.05) is 6.07 Å². The monoisotopic (exact) mass is 452 g/mol. The number of esters is 2. The van der Waals surface area contributed by atoms with Gasteiger partial charge in [0, 0.05) is 28.8 Å². The quantitative estimate of drug-likeness (QED) is 0.422. The summed E-state index contributed by atoms with van der Waals surface area (Å²) in [6.45, 7) is 1.39. The van der Waals surface area contributed by atoms with Gasteiger partial charge in [0.25, 0.3) is 0 Å². The number of fused-ring (bicyclic) bond motifs is 3. The van der Waals surface area contributed by atoms with Gasteiger partial charge in [0.2, 0.25) is 12.5 Å². The zero-order valence-electron chi connectivity index (χ0n) is 18.4. The molecule has 9 heteroatoms. The van der Waals surface area contributed by atoms with Crippen LogP contribution >= 0.6 is 0 Å². The molecule has 2 heterocycles. The summed E-state index contributed by atoms with van der Waals surface area (Å²) < 4.78 is 38.8. The number of cyclic esters (lactones) is 1. The van der Waals surface area contributed by atoms with E-state index < -0.39 is 11.9 Å². The lowest BCUT2D eigenvalue weighted by atomic mass is 9.88. The Morgan fingerprint density at radius 2 is 1.64 bits per heavy atom. The van der Waals surface area contributed by atoms with Gasteiger partial charge in [-0.25, -0.2) is 4.79 Å². The summed E-state index contributed by atoms with van der Waals surface area (Å²) in [6.07, 6.45) is 0. The van der Waals surface area contributed by atoms with Crippen LogP contribution < -0.4 is 28.4 Å². The minimum Gasteiger partial charge on any atom is -0.493 e. The highest BCUT2D eigenvalue weighted by Crippen LogP contribution is 2.54. The Labute approximate surface area is 188 Å². The second-order valence-electron chi connectivity index (χ2n) is 7.36. The highest BCUT2D eigenvalue weighted by molar-refractivity contribution is 6.15. The number of ether oxygens (including phenoxy) is 7. The molecule has 0 amide bonds. The molecule has 0 spiro atoms. The molecule has 33 heavy (non-hydrogen) atoms. The number of benzene rings is 3. The molecule has 0 saturated carbocycles. The predicted molar refractivity (Wildman–Crippen MR) is 116 cm³/mol. The molecule has 0 bridgehead atoms. The Morgan fingerprint density at radius 3 is 2.33 bits per heavy atom. The molecule has 2 aliphatic heterocycles. The SMILES string of the molecule is COc1cc2c(OC(C)=O)c3c(c(-c4ccc5c(c4)OCO5)c2c(OC)c1OC)COC3=O. The van der Waals surface area contributed by atoms with Crippen LogP contribution in [0.2, 0.25) is 0 Å². The summed E-state index contributed by atoms with van der Waals surface area (Å²) in [6, 6.07) is 7.12. The molecule has 0 saturated heterocycles. The minimum absolute atomic E-state index is 0.000352. The van der Waals surface area contributed by atoms with Crippen molar-refractivity contribution in [2.24, 2.45) is 0 Å². The third-order valence-corrected chi connectivity index (χ3v) is 5.61. The van der Waals surface area contributed by atoms with Crippen molar-refractivity contribution in [3.8, 4) is 45.6 Å². The first-order valence-corrected chi connectivity index (χ1v) is 10.1. The van der Waals surface area contributed by atoms with Crippen molar-refractivity contribution in [2.45, 2.75) is 13.5 Å². The Kier molecular flexibility index (Phi) is 4.88. The molecular formula is C24H20O9. The number of methoxy groups -OCH3 is 3. The zero-order chi connectivity index (χ0) is 23.3. The first kappa shape index (κ1) is 20.7. The van der Waals surface area contributed by atoms with E-state index in [1.807, 2.05) is 12.1 Å². The Morgan fingerprint density at radius 1 is 0.879 bits per heavy atom. The van der Waals surface area contributed by atoms with Gasteiger partial charge in [0.1, 0.15) is 12.2 Å². The number of carbonyl (C=O) groups is 2. The molecule has 0 atom stereocenters. The molecule has 0 unspecified atom stereocenters. The Balaban J connectivity index is 1.98. The van der Waals surface area contributed by atoms with E-state index in [1.165, 1.54) is 28.3 Å². The molecule has 5 rings (SSSR count). The summed E-state index contributed by atoms with van der Waals surface area (Å²) in [5.74, 6) is 1.17. The minimum atomic E-state index is -0.584. The molecule has 2 aliphatic rings. The summed E-state index contributed by atoms with van der Waals surface area (Å²) in [5.41, 5.74) is 2.14. The molecule has 0 aliphatic carbocycles. The van der Waals surface area contributed by atoms with Gasteiger partial charge in [-0.05, 0) is 23.8 Å². The molecule has 0 aromatic heterocycles. The van der Waals surface area contributed by atoms with Gasteiger partial charge in [0.05, 0.1) is 21.3 Å². The predicted octanol–water partition coefficient (Wildman–Crippen LogP) is 3.86. The third kappa shape index (κ3) is 3.07. The fourth-order valence-corrected chi connectivity index (χ4v) is 4.32. The van der Waals surface area contributed by atoms with Crippen molar-refractivity contribution in [3.05, 3.63) is 35.4 Å². The normalized spacial score (nSPS) is 13.5. The van der Waals surface area contributed by atoms with Gasteiger partial charge < -0.3 is 33.2 Å². The van der Waals surface area contributed by atoms with E-state index in [0.29, 0.717) is 50.6 Å². The lowest BCUT2D eigenvalue weighted by Crippen LogP contribution is -2.09. The molecule has 3 aromatic rings. The van der Waals surface area contributed by atoms with Crippen LogP contribution in [0.5, 0.6) is 34.5 Å². The molecule has 0 radical (unpaired) electrons. The van der Waals surface area contributed by atoms with Crippen LogP contribution in [0.15, 0.2) is 24.3 Å². The average Bonchev–Trinajstić information content (AvgIpc) is 3.43. The van der Waals surface area contributed by atoms with E-state index in [2.05, 4.69) is 0 Å². The molecular weight excluding hydrogens is 432 g/mol. The fraction of sp³-hybridized carbons (Fsp3) is 0.250. The Bertz CT molecular complexity index is 1330. The van der Waals surface area contributed by atoms with Crippen LogP contribution in [0.1, 0.15) is 22.8 Å². The smallest absolute Gasteiger partial charge is 0.342 e. The van der Waals surface area contributed by atoms with Crippen molar-refractivity contribution in [3.63, 3.8) is 0 Å². The highest BCUT2D eigenvalue weighted by Gasteiger charge is 2.36. The van der Waals surface area contributed by atoms with Crippen LogP contribution in [0.3, 0.4) is 0 Å². The molecule has 9 nitrogen and oxygen atoms in total. The third-order valence-electron chi connectivity index (χ3n) is 5.61. The fourth-order valence-electron chi connectivity index (χ4n) is 4.32. The summed E-state index contributed by atoms with van der Waals surface area (Å²) in [7, 11) is 4.48. The van der Waals surface area contributed by atoms with Crippen molar-refractivity contribution < 1.29 is 42.7 Å². The van der Waals surface area contributed by atoms with E-state index in [9.17, 15) is 9.59 Å². The van der Waals surface area contributed by atoms with E-state index in [0.717, 1.165) is 5.56 Å². The first-order chi connectivity index (χ1) is 16.0. The molecule has 0 fully saturated rings. The Hall–Kier alpha value is -4.14. The zero-order valence-corrected chi connectivity index (χ0v) is 18.4. The standard InChI is InChI=1S/C24H20O9/c1-11(25)33-21-13-8-17(27-2)22(28-3)23(29-4)19(13)18(14-9-30-24(26)20(14)21)12-5-6-15-16(7-12)32-10-31-15/h5-8H,9-10H2,1-4H3.